The van der Waals surface area contributed by atoms with E-state index in [0.29, 0.717) is 13.0 Å². The molecule has 1 aliphatic heterocycles. The summed E-state index contributed by atoms with van der Waals surface area (Å²) in [7, 11) is 0. The number of hydrogen-bond acceptors (Lipinski definition) is 2. The van der Waals surface area contributed by atoms with Gasteiger partial charge in [0, 0.05) is 0 Å². The zero-order chi connectivity index (χ0) is 6.91. The molecule has 9 heavy (non-hydrogen) atoms. The average Bonchev–Trinajstić information content (AvgIpc) is 1.62. The SMILES string of the molecule is [C-]#[N+]C1(C(=O)O)CCO1. The minimum atomic E-state index is -1.53. The van der Waals surface area contributed by atoms with Gasteiger partial charge in [0.2, 0.25) is 0 Å². The molecule has 4 heteroatoms. The lowest BCUT2D eigenvalue weighted by atomic mass is 10.1. The molecule has 4 nitrogen and oxygen atoms in total. The fraction of sp³-hybridized carbons (Fsp3) is 0.600. The molecule has 0 aromatic carbocycles. The van der Waals surface area contributed by atoms with E-state index in [4.69, 9.17) is 11.7 Å². The highest BCUT2D eigenvalue weighted by Crippen LogP contribution is 2.27. The number of ether oxygens (including phenoxy) is 1. The Morgan fingerprint density at radius 3 is 2.44 bits per heavy atom. The van der Waals surface area contributed by atoms with E-state index in [0.717, 1.165) is 0 Å². The maximum absolute atomic E-state index is 10.2. The zero-order valence-corrected chi connectivity index (χ0v) is 4.63. The molecule has 0 aliphatic carbocycles. The first-order chi connectivity index (χ1) is 4.21. The van der Waals surface area contributed by atoms with E-state index in [-0.39, 0.29) is 0 Å². The molecule has 1 N–H and O–H groups in total. The fourth-order valence-electron chi connectivity index (χ4n) is 0.600. The van der Waals surface area contributed by atoms with Crippen LogP contribution in [-0.2, 0) is 9.53 Å². The number of carbonyl (C=O) groups is 1. The first-order valence-electron chi connectivity index (χ1n) is 2.47. The molecule has 0 spiro atoms. The van der Waals surface area contributed by atoms with Gasteiger partial charge in [-0.2, -0.15) is 0 Å². The first kappa shape index (κ1) is 6.05. The molecule has 1 fully saturated rings. The van der Waals surface area contributed by atoms with Gasteiger partial charge in [0.15, 0.2) is 0 Å². The monoisotopic (exact) mass is 127 g/mol. The summed E-state index contributed by atoms with van der Waals surface area (Å²) in [5.74, 6) is -1.18. The zero-order valence-electron chi connectivity index (χ0n) is 4.63. The molecule has 0 amide bonds. The molecule has 48 valence electrons. The summed E-state index contributed by atoms with van der Waals surface area (Å²) in [5.41, 5.74) is -1.53. The maximum Gasteiger partial charge on any atom is 0.436 e. The first-order valence-corrected chi connectivity index (χ1v) is 2.47. The van der Waals surface area contributed by atoms with Crippen LogP contribution >= 0.6 is 0 Å². The molecular formula is C5H5NO3. The van der Waals surface area contributed by atoms with Gasteiger partial charge in [0.1, 0.15) is 0 Å². The number of rotatable bonds is 1. The van der Waals surface area contributed by atoms with Crippen molar-refractivity contribution in [1.82, 2.24) is 0 Å². The van der Waals surface area contributed by atoms with Crippen molar-refractivity contribution in [2.75, 3.05) is 6.61 Å². The number of carboxylic acids is 1. The molecule has 1 saturated heterocycles. The van der Waals surface area contributed by atoms with Crippen LogP contribution in [0.25, 0.3) is 4.85 Å². The Bertz CT molecular complexity index is 177. The fourth-order valence-corrected chi connectivity index (χ4v) is 0.600. The topological polar surface area (TPSA) is 50.9 Å². The minimum Gasteiger partial charge on any atom is -0.473 e. The molecule has 0 radical (unpaired) electrons. The number of carboxylic acid groups (broad SMARTS) is 1. The van der Waals surface area contributed by atoms with Gasteiger partial charge in [-0.1, -0.05) is 0 Å². The van der Waals surface area contributed by atoms with Crippen LogP contribution in [0.4, 0.5) is 0 Å². The molecule has 0 aromatic heterocycles. The minimum absolute atomic E-state index is 0.311. The Kier molecular flexibility index (Phi) is 1.15. The van der Waals surface area contributed by atoms with Crippen LogP contribution in [-0.4, -0.2) is 23.4 Å². The maximum atomic E-state index is 10.2. The van der Waals surface area contributed by atoms with E-state index in [2.05, 4.69) is 9.58 Å². The third-order valence-electron chi connectivity index (χ3n) is 1.30. The van der Waals surface area contributed by atoms with Crippen LogP contribution in [0, 0.1) is 6.57 Å². The van der Waals surface area contributed by atoms with Crippen molar-refractivity contribution < 1.29 is 14.6 Å². The second-order valence-corrected chi connectivity index (χ2v) is 1.80. The van der Waals surface area contributed by atoms with Crippen LogP contribution in [0.3, 0.4) is 0 Å². The van der Waals surface area contributed by atoms with Crippen LogP contribution in [0.15, 0.2) is 0 Å². The lowest BCUT2D eigenvalue weighted by molar-refractivity contribution is -0.181. The van der Waals surface area contributed by atoms with E-state index in [1.807, 2.05) is 0 Å². The Morgan fingerprint density at radius 1 is 1.89 bits per heavy atom. The molecule has 1 atom stereocenters. The van der Waals surface area contributed by atoms with E-state index in [9.17, 15) is 4.79 Å². The lowest BCUT2D eigenvalue weighted by Crippen LogP contribution is -2.47. The second-order valence-electron chi connectivity index (χ2n) is 1.80. The standard InChI is InChI=1S/C5H5NO3/c1-6-5(4(7)8)2-3-9-5/h2-3H2,(H,7,8). The highest BCUT2D eigenvalue weighted by molar-refractivity contribution is 5.79. The molecule has 0 aromatic rings. The summed E-state index contributed by atoms with van der Waals surface area (Å²) in [6.07, 6.45) is 0.311. The van der Waals surface area contributed by atoms with Crippen LogP contribution in [0.5, 0.6) is 0 Å². The molecule has 1 unspecified atom stereocenters. The van der Waals surface area contributed by atoms with Crippen molar-refractivity contribution in [2.45, 2.75) is 12.1 Å². The summed E-state index contributed by atoms with van der Waals surface area (Å²) in [6.45, 7) is 6.84. The summed E-state index contributed by atoms with van der Waals surface area (Å²) < 4.78 is 4.58. The van der Waals surface area contributed by atoms with Crippen LogP contribution in [0.1, 0.15) is 6.42 Å². The van der Waals surface area contributed by atoms with Gasteiger partial charge >= 0.3 is 11.7 Å². The van der Waals surface area contributed by atoms with Gasteiger partial charge in [-0.05, 0) is 0 Å². The van der Waals surface area contributed by atoms with Crippen molar-refractivity contribution in [2.24, 2.45) is 0 Å². The van der Waals surface area contributed by atoms with E-state index >= 15 is 0 Å². The summed E-state index contributed by atoms with van der Waals surface area (Å²) in [6, 6.07) is 0. The molecular weight excluding hydrogens is 122 g/mol. The van der Waals surface area contributed by atoms with Gasteiger partial charge in [-0.3, -0.25) is 9.58 Å². The lowest BCUT2D eigenvalue weighted by Gasteiger charge is -2.24. The quantitative estimate of drug-likeness (QED) is 0.508. The number of aliphatic carboxylic acids is 1. The van der Waals surface area contributed by atoms with Gasteiger partial charge in [0.25, 0.3) is 0 Å². The van der Waals surface area contributed by atoms with E-state index in [1.54, 1.807) is 0 Å². The smallest absolute Gasteiger partial charge is 0.436 e. The Morgan fingerprint density at radius 2 is 2.44 bits per heavy atom. The highest BCUT2D eigenvalue weighted by Gasteiger charge is 2.54. The van der Waals surface area contributed by atoms with Crippen LogP contribution < -0.4 is 0 Å². The average molecular weight is 127 g/mol. The van der Waals surface area contributed by atoms with Crippen LogP contribution in [0.2, 0.25) is 0 Å². The Balaban J connectivity index is 2.71. The van der Waals surface area contributed by atoms with E-state index in [1.165, 1.54) is 0 Å². The van der Waals surface area contributed by atoms with Crippen molar-refractivity contribution >= 4 is 5.97 Å². The normalized spacial score (nSPS) is 32.3. The number of hydrogen-bond donors (Lipinski definition) is 1. The molecule has 1 heterocycles. The third kappa shape index (κ3) is 0.661. The predicted molar refractivity (Wildman–Crippen MR) is 27.5 cm³/mol. The third-order valence-corrected chi connectivity index (χ3v) is 1.30. The van der Waals surface area contributed by atoms with Gasteiger partial charge in [-0.15, -0.1) is 0 Å². The van der Waals surface area contributed by atoms with Gasteiger partial charge in [-0.25, -0.2) is 11.4 Å². The van der Waals surface area contributed by atoms with Gasteiger partial charge in [0.05, 0.1) is 13.0 Å². The molecule has 1 rings (SSSR count). The predicted octanol–water partition coefficient (Wildman–Crippen LogP) is 0.107. The molecule has 0 saturated carbocycles. The highest BCUT2D eigenvalue weighted by atomic mass is 16.6. The Labute approximate surface area is 51.9 Å². The largest absolute Gasteiger partial charge is 0.473 e. The number of nitrogens with zero attached hydrogens (tertiary/aromatic N) is 1. The van der Waals surface area contributed by atoms with Gasteiger partial charge < -0.3 is 5.11 Å². The summed E-state index contributed by atoms with van der Waals surface area (Å²) in [4.78, 5) is 13.0. The van der Waals surface area contributed by atoms with Crippen molar-refractivity contribution in [3.8, 4) is 0 Å². The molecule has 1 aliphatic rings. The van der Waals surface area contributed by atoms with E-state index < -0.39 is 11.7 Å². The summed E-state index contributed by atoms with van der Waals surface area (Å²) >= 11 is 0. The van der Waals surface area contributed by atoms with Crippen molar-refractivity contribution in [3.63, 3.8) is 0 Å². The summed E-state index contributed by atoms with van der Waals surface area (Å²) in [5, 5.41) is 8.35. The second kappa shape index (κ2) is 1.71. The van der Waals surface area contributed by atoms with Crippen molar-refractivity contribution in [1.29, 1.82) is 0 Å². The molecule has 0 bridgehead atoms. The van der Waals surface area contributed by atoms with Crippen molar-refractivity contribution in [3.05, 3.63) is 11.4 Å². The Hall–Kier alpha value is -1.08.